The van der Waals surface area contributed by atoms with Crippen molar-refractivity contribution in [3.63, 3.8) is 0 Å². The molecule has 2 aromatic rings. The molecule has 0 unspecified atom stereocenters. The molecule has 1 aromatic carbocycles. The number of benzene rings is 1. The van der Waals surface area contributed by atoms with E-state index in [4.69, 9.17) is 0 Å². The molecule has 0 radical (unpaired) electrons. The number of carbonyl (C=O) groups excluding carboxylic acids is 1. The number of carboxylic acid groups (broad SMARTS) is 1. The maximum absolute atomic E-state index is 12.9. The van der Waals surface area contributed by atoms with Gasteiger partial charge in [-0.3, -0.25) is 9.59 Å². The molecule has 4 atom stereocenters. The lowest BCUT2D eigenvalue weighted by Gasteiger charge is -2.23. The van der Waals surface area contributed by atoms with Gasteiger partial charge in [0.25, 0.3) is 0 Å². The number of nitrogens with one attached hydrogen (secondary N) is 1. The number of aromatic nitrogens is 1. The van der Waals surface area contributed by atoms with Gasteiger partial charge in [-0.2, -0.15) is 0 Å². The predicted molar refractivity (Wildman–Crippen MR) is 115 cm³/mol. The monoisotopic (exact) mass is 410 g/mol. The van der Waals surface area contributed by atoms with Crippen molar-refractivity contribution in [1.29, 1.82) is 0 Å². The zero-order valence-electron chi connectivity index (χ0n) is 16.9. The number of carboxylic acids is 1. The Hall–Kier alpha value is -2.47. The number of rotatable bonds is 6. The number of hydrogen-bond acceptors (Lipinski definition) is 4. The molecule has 2 bridgehead atoms. The number of aliphatic carboxylic acids is 1. The van der Waals surface area contributed by atoms with Crippen LogP contribution >= 0.6 is 11.3 Å². The Morgan fingerprint density at radius 2 is 1.83 bits per heavy atom. The van der Waals surface area contributed by atoms with Crippen molar-refractivity contribution in [3.05, 3.63) is 46.9 Å². The summed E-state index contributed by atoms with van der Waals surface area (Å²) >= 11 is 1.43. The highest BCUT2D eigenvalue weighted by Crippen LogP contribution is 2.48. The second-order valence-corrected chi connectivity index (χ2v) is 9.75. The number of anilines is 1. The third kappa shape index (κ3) is 3.86. The van der Waals surface area contributed by atoms with Crippen molar-refractivity contribution in [2.24, 2.45) is 29.6 Å². The van der Waals surface area contributed by atoms with Gasteiger partial charge in [0.2, 0.25) is 5.91 Å². The number of nitrogens with zero attached hydrogens (tertiary/aromatic N) is 1. The first-order valence-electron chi connectivity index (χ1n) is 10.1. The highest BCUT2D eigenvalue weighted by Gasteiger charge is 2.51. The topological polar surface area (TPSA) is 79.3 Å². The molecule has 1 saturated carbocycles. The molecule has 2 aliphatic rings. The zero-order valence-corrected chi connectivity index (χ0v) is 17.7. The Morgan fingerprint density at radius 1 is 1.17 bits per heavy atom. The average Bonchev–Trinajstić information content (AvgIpc) is 3.36. The first-order valence-corrected chi connectivity index (χ1v) is 10.9. The molecule has 152 valence electrons. The largest absolute Gasteiger partial charge is 0.481 e. The van der Waals surface area contributed by atoms with Gasteiger partial charge in [0.15, 0.2) is 5.13 Å². The van der Waals surface area contributed by atoms with E-state index in [-0.39, 0.29) is 17.7 Å². The fourth-order valence-electron chi connectivity index (χ4n) is 4.69. The molecule has 1 amide bonds. The molecule has 1 fully saturated rings. The molecule has 1 aromatic heterocycles. The van der Waals surface area contributed by atoms with Gasteiger partial charge in [-0.25, -0.2) is 4.98 Å². The van der Waals surface area contributed by atoms with Gasteiger partial charge in [-0.15, -0.1) is 11.3 Å². The van der Waals surface area contributed by atoms with Crippen LogP contribution in [-0.2, 0) is 16.0 Å². The van der Waals surface area contributed by atoms with E-state index in [1.807, 2.05) is 19.1 Å². The van der Waals surface area contributed by atoms with Crippen molar-refractivity contribution in [3.8, 4) is 11.3 Å². The Kier molecular flexibility index (Phi) is 5.30. The lowest BCUT2D eigenvalue weighted by molar-refractivity contribution is -0.146. The minimum absolute atomic E-state index is 0.00938. The van der Waals surface area contributed by atoms with Crippen LogP contribution < -0.4 is 5.32 Å². The number of carbonyl (C=O) groups is 2. The molecule has 2 aliphatic carbocycles. The minimum atomic E-state index is -0.889. The summed E-state index contributed by atoms with van der Waals surface area (Å²) in [5.41, 5.74) is 3.19. The molecule has 1 heterocycles. The second-order valence-electron chi connectivity index (χ2n) is 8.55. The smallest absolute Gasteiger partial charge is 0.307 e. The number of thiazole rings is 1. The standard InChI is InChI=1S/C23H26N2O3S/c1-12(2)10-14-4-6-15(7-5-14)20-13(3)29-23(24-20)25-21(26)18-16-8-9-17(11-16)19(18)22(27)28/h4-9,12,16-19H,10-11H2,1-3H3,(H,27,28)(H,24,25,26)/t16-,17+,18-,19+/m1/s1. The van der Waals surface area contributed by atoms with Gasteiger partial charge in [-0.1, -0.05) is 50.3 Å². The van der Waals surface area contributed by atoms with Crippen LogP contribution in [0.3, 0.4) is 0 Å². The first kappa shape index (κ1) is 19.8. The summed E-state index contributed by atoms with van der Waals surface area (Å²) in [4.78, 5) is 30.2. The van der Waals surface area contributed by atoms with E-state index in [1.165, 1.54) is 16.9 Å². The summed E-state index contributed by atoms with van der Waals surface area (Å²) in [6, 6.07) is 8.41. The van der Waals surface area contributed by atoms with E-state index in [9.17, 15) is 14.7 Å². The van der Waals surface area contributed by atoms with Gasteiger partial charge in [0.1, 0.15) is 0 Å². The molecule has 5 nitrogen and oxygen atoms in total. The van der Waals surface area contributed by atoms with Crippen LogP contribution in [0.25, 0.3) is 11.3 Å². The Bertz CT molecular complexity index is 961. The van der Waals surface area contributed by atoms with E-state index >= 15 is 0 Å². The average molecular weight is 411 g/mol. The lowest BCUT2D eigenvalue weighted by Crippen LogP contribution is -2.36. The number of allylic oxidation sites excluding steroid dienone is 2. The summed E-state index contributed by atoms with van der Waals surface area (Å²) in [6.07, 6.45) is 5.73. The molecule has 29 heavy (non-hydrogen) atoms. The van der Waals surface area contributed by atoms with Crippen molar-refractivity contribution in [2.75, 3.05) is 5.32 Å². The Labute approximate surface area is 174 Å². The molecule has 4 rings (SSSR count). The molecule has 6 heteroatoms. The van der Waals surface area contributed by atoms with Crippen molar-refractivity contribution < 1.29 is 14.7 Å². The van der Waals surface area contributed by atoms with Crippen molar-refractivity contribution >= 4 is 28.3 Å². The third-order valence-corrected chi connectivity index (χ3v) is 6.83. The second kappa shape index (κ2) is 7.75. The molecule has 0 saturated heterocycles. The highest BCUT2D eigenvalue weighted by molar-refractivity contribution is 7.16. The SMILES string of the molecule is Cc1sc(NC(=O)[C@H]2[C@@H](C(=O)O)[C@H]3C=C[C@@H]2C3)nc1-c1ccc(CC(C)C)cc1. The van der Waals surface area contributed by atoms with E-state index in [1.54, 1.807) is 0 Å². The van der Waals surface area contributed by atoms with Crippen LogP contribution in [0.5, 0.6) is 0 Å². The number of fused-ring (bicyclic) bond motifs is 2. The van der Waals surface area contributed by atoms with Gasteiger partial charge < -0.3 is 10.4 Å². The summed E-state index contributed by atoms with van der Waals surface area (Å²) in [6.45, 7) is 6.40. The van der Waals surface area contributed by atoms with Crippen LogP contribution in [0.1, 0.15) is 30.7 Å². The summed E-state index contributed by atoms with van der Waals surface area (Å²) in [5, 5.41) is 13.0. The number of amides is 1. The van der Waals surface area contributed by atoms with Crippen LogP contribution in [-0.4, -0.2) is 22.0 Å². The van der Waals surface area contributed by atoms with Crippen LogP contribution in [0.15, 0.2) is 36.4 Å². The summed E-state index contributed by atoms with van der Waals surface area (Å²) < 4.78 is 0. The third-order valence-electron chi connectivity index (χ3n) is 5.95. The Morgan fingerprint density at radius 3 is 2.45 bits per heavy atom. The zero-order chi connectivity index (χ0) is 20.7. The number of hydrogen-bond donors (Lipinski definition) is 2. The Balaban J connectivity index is 1.50. The molecular weight excluding hydrogens is 384 g/mol. The van der Waals surface area contributed by atoms with E-state index in [2.05, 4.69) is 48.4 Å². The first-order chi connectivity index (χ1) is 13.8. The van der Waals surface area contributed by atoms with Crippen LogP contribution in [0.4, 0.5) is 5.13 Å². The highest BCUT2D eigenvalue weighted by atomic mass is 32.1. The molecule has 0 spiro atoms. The minimum Gasteiger partial charge on any atom is -0.481 e. The van der Waals surface area contributed by atoms with E-state index in [0.29, 0.717) is 11.0 Å². The van der Waals surface area contributed by atoms with Gasteiger partial charge in [0.05, 0.1) is 17.5 Å². The van der Waals surface area contributed by atoms with Gasteiger partial charge in [0, 0.05) is 10.4 Å². The van der Waals surface area contributed by atoms with Crippen molar-refractivity contribution in [1.82, 2.24) is 4.98 Å². The maximum atomic E-state index is 12.9. The van der Waals surface area contributed by atoms with Gasteiger partial charge >= 0.3 is 5.97 Å². The van der Waals surface area contributed by atoms with E-state index < -0.39 is 17.8 Å². The normalized spacial score (nSPS) is 25.0. The quantitative estimate of drug-likeness (QED) is 0.672. The van der Waals surface area contributed by atoms with E-state index in [0.717, 1.165) is 29.0 Å². The summed E-state index contributed by atoms with van der Waals surface area (Å²) in [5.74, 6) is -1.70. The molecule has 2 N–H and O–H groups in total. The molecular formula is C23H26N2O3S. The molecule has 0 aliphatic heterocycles. The van der Waals surface area contributed by atoms with Crippen LogP contribution in [0, 0.1) is 36.5 Å². The summed E-state index contributed by atoms with van der Waals surface area (Å²) in [7, 11) is 0. The van der Waals surface area contributed by atoms with Gasteiger partial charge in [-0.05, 0) is 43.1 Å². The predicted octanol–water partition coefficient (Wildman–Crippen LogP) is 4.78. The number of aryl methyl sites for hydroxylation is 1. The van der Waals surface area contributed by atoms with Crippen LogP contribution in [0.2, 0.25) is 0 Å². The fourth-order valence-corrected chi connectivity index (χ4v) is 5.53. The van der Waals surface area contributed by atoms with Crippen molar-refractivity contribution in [2.45, 2.75) is 33.6 Å². The maximum Gasteiger partial charge on any atom is 0.307 e. The lowest BCUT2D eigenvalue weighted by atomic mass is 9.82. The fraction of sp³-hybridized carbons (Fsp3) is 0.435.